The minimum Gasteiger partial charge on any atom is -0.497 e. The van der Waals surface area contributed by atoms with E-state index >= 15 is 0 Å². The number of piperazine rings is 1. The van der Waals surface area contributed by atoms with E-state index in [0.29, 0.717) is 6.04 Å². The Morgan fingerprint density at radius 1 is 1.23 bits per heavy atom. The van der Waals surface area contributed by atoms with Gasteiger partial charge in [-0.3, -0.25) is 4.90 Å². The van der Waals surface area contributed by atoms with Crippen molar-refractivity contribution in [3.8, 4) is 11.5 Å². The van der Waals surface area contributed by atoms with E-state index in [1.807, 2.05) is 18.2 Å². The van der Waals surface area contributed by atoms with Gasteiger partial charge >= 0.3 is 0 Å². The average Bonchev–Trinajstić information content (AvgIpc) is 2.53. The monoisotopic (exact) mass is 348 g/mol. The second kappa shape index (κ2) is 10.7. The molecule has 1 heterocycles. The van der Waals surface area contributed by atoms with Gasteiger partial charge in [0.05, 0.1) is 14.2 Å². The van der Waals surface area contributed by atoms with Crippen LogP contribution in [0.2, 0.25) is 0 Å². The van der Waals surface area contributed by atoms with Crippen LogP contribution in [0.15, 0.2) is 30.9 Å². The minimum absolute atomic E-state index is 0. The summed E-state index contributed by atoms with van der Waals surface area (Å²) < 4.78 is 10.9. The Hall–Kier alpha value is -0.940. The highest BCUT2D eigenvalue weighted by Crippen LogP contribution is 2.35. The maximum absolute atomic E-state index is 5.53. The van der Waals surface area contributed by atoms with E-state index in [2.05, 4.69) is 22.9 Å². The topological polar surface area (TPSA) is 33.7 Å². The third kappa shape index (κ3) is 5.06. The van der Waals surface area contributed by atoms with Crippen molar-refractivity contribution >= 4 is 24.8 Å². The molecule has 1 aromatic carbocycles. The summed E-state index contributed by atoms with van der Waals surface area (Å²) in [7, 11) is 3.41. The zero-order valence-electron chi connectivity index (χ0n) is 13.2. The van der Waals surface area contributed by atoms with Crippen LogP contribution in [-0.4, -0.2) is 45.3 Å². The number of hydrogen-bond donors (Lipinski definition) is 1. The zero-order chi connectivity index (χ0) is 14.4. The zero-order valence-corrected chi connectivity index (χ0v) is 14.8. The molecule has 1 saturated heterocycles. The van der Waals surface area contributed by atoms with Crippen LogP contribution in [0, 0.1) is 0 Å². The van der Waals surface area contributed by atoms with Crippen molar-refractivity contribution in [1.82, 2.24) is 10.2 Å². The van der Waals surface area contributed by atoms with Crippen molar-refractivity contribution in [2.24, 2.45) is 0 Å². The van der Waals surface area contributed by atoms with Gasteiger partial charge < -0.3 is 14.8 Å². The van der Waals surface area contributed by atoms with Gasteiger partial charge in [-0.05, 0) is 24.6 Å². The molecular weight excluding hydrogens is 323 g/mol. The number of ether oxygens (including phenoxy) is 2. The summed E-state index contributed by atoms with van der Waals surface area (Å²) in [6.07, 6.45) is 2.88. The molecule has 126 valence electrons. The lowest BCUT2D eigenvalue weighted by Crippen LogP contribution is -2.45. The van der Waals surface area contributed by atoms with Crippen LogP contribution >= 0.6 is 24.8 Å². The highest BCUT2D eigenvalue weighted by molar-refractivity contribution is 5.85. The molecule has 0 amide bonds. The van der Waals surface area contributed by atoms with Gasteiger partial charge in [0.25, 0.3) is 0 Å². The van der Waals surface area contributed by atoms with Gasteiger partial charge in [-0.1, -0.05) is 6.08 Å². The number of halogens is 2. The van der Waals surface area contributed by atoms with Crippen LogP contribution in [-0.2, 0) is 0 Å². The standard InChI is InChI=1S/C16H24N2O2.2ClH/c1-4-5-15(18-10-8-17-9-11-18)14-12-13(19-2)6-7-16(14)20-3;;/h4,6-7,12,15,17H,1,5,8-11H2,2-3H3;2*1H/t15-;;/m0../s1. The Balaban J connectivity index is 0.00000220. The molecule has 1 atom stereocenters. The third-order valence-corrected chi connectivity index (χ3v) is 3.78. The summed E-state index contributed by atoms with van der Waals surface area (Å²) in [6.45, 7) is 8.04. The first kappa shape index (κ1) is 21.1. The number of hydrogen-bond acceptors (Lipinski definition) is 4. The van der Waals surface area contributed by atoms with Gasteiger partial charge in [0.15, 0.2) is 0 Å². The van der Waals surface area contributed by atoms with Crippen LogP contribution < -0.4 is 14.8 Å². The highest BCUT2D eigenvalue weighted by atomic mass is 35.5. The van der Waals surface area contributed by atoms with Gasteiger partial charge in [-0.25, -0.2) is 0 Å². The summed E-state index contributed by atoms with van der Waals surface area (Å²) in [6, 6.07) is 6.28. The number of nitrogens with one attached hydrogen (secondary N) is 1. The van der Waals surface area contributed by atoms with Gasteiger partial charge in [0.2, 0.25) is 0 Å². The number of methoxy groups -OCH3 is 2. The Labute approximate surface area is 145 Å². The number of rotatable bonds is 6. The smallest absolute Gasteiger partial charge is 0.123 e. The lowest BCUT2D eigenvalue weighted by atomic mass is 9.99. The van der Waals surface area contributed by atoms with Crippen molar-refractivity contribution in [2.45, 2.75) is 12.5 Å². The molecule has 1 N–H and O–H groups in total. The molecule has 0 saturated carbocycles. The summed E-state index contributed by atoms with van der Waals surface area (Å²) >= 11 is 0. The molecule has 0 unspecified atom stereocenters. The third-order valence-electron chi connectivity index (χ3n) is 3.78. The first-order chi connectivity index (χ1) is 9.80. The molecule has 0 bridgehead atoms. The van der Waals surface area contributed by atoms with Crippen LogP contribution in [0.3, 0.4) is 0 Å². The molecule has 1 aliphatic heterocycles. The Bertz CT molecular complexity index is 452. The summed E-state index contributed by atoms with van der Waals surface area (Å²) in [5.74, 6) is 1.78. The largest absolute Gasteiger partial charge is 0.497 e. The fourth-order valence-corrected chi connectivity index (χ4v) is 2.72. The van der Waals surface area contributed by atoms with Crippen molar-refractivity contribution in [3.05, 3.63) is 36.4 Å². The molecule has 6 heteroatoms. The van der Waals surface area contributed by atoms with E-state index in [0.717, 1.165) is 44.1 Å². The number of nitrogens with zero attached hydrogens (tertiary/aromatic N) is 1. The minimum atomic E-state index is 0. The van der Waals surface area contributed by atoms with E-state index in [1.165, 1.54) is 5.56 Å². The molecule has 0 aromatic heterocycles. The predicted molar refractivity (Wildman–Crippen MR) is 96.0 cm³/mol. The Kier molecular flexibility index (Phi) is 10.3. The molecule has 1 aliphatic rings. The lowest BCUT2D eigenvalue weighted by molar-refractivity contribution is 0.171. The van der Waals surface area contributed by atoms with E-state index in [4.69, 9.17) is 9.47 Å². The first-order valence-electron chi connectivity index (χ1n) is 7.07. The van der Waals surface area contributed by atoms with Crippen molar-refractivity contribution in [2.75, 3.05) is 40.4 Å². The fourth-order valence-electron chi connectivity index (χ4n) is 2.72. The van der Waals surface area contributed by atoms with Crippen LogP contribution in [0.4, 0.5) is 0 Å². The molecular formula is C16H26Cl2N2O2. The molecule has 22 heavy (non-hydrogen) atoms. The molecule has 1 aromatic rings. The van der Waals surface area contributed by atoms with E-state index in [9.17, 15) is 0 Å². The average molecular weight is 349 g/mol. The summed E-state index contributed by atoms with van der Waals surface area (Å²) in [5.41, 5.74) is 1.17. The second-order valence-corrected chi connectivity index (χ2v) is 4.93. The maximum atomic E-state index is 5.53. The lowest BCUT2D eigenvalue weighted by Gasteiger charge is -2.35. The summed E-state index contributed by atoms with van der Waals surface area (Å²) in [5, 5.41) is 3.39. The van der Waals surface area contributed by atoms with Crippen LogP contribution in [0.5, 0.6) is 11.5 Å². The van der Waals surface area contributed by atoms with Gasteiger partial charge in [-0.2, -0.15) is 0 Å². The van der Waals surface area contributed by atoms with Crippen molar-refractivity contribution in [1.29, 1.82) is 0 Å². The van der Waals surface area contributed by atoms with Crippen LogP contribution in [0.25, 0.3) is 0 Å². The van der Waals surface area contributed by atoms with Crippen molar-refractivity contribution in [3.63, 3.8) is 0 Å². The van der Waals surface area contributed by atoms with Crippen LogP contribution in [0.1, 0.15) is 18.0 Å². The SMILES string of the molecule is C=CC[C@@H](c1cc(OC)ccc1OC)N1CCNCC1.Cl.Cl. The first-order valence-corrected chi connectivity index (χ1v) is 7.07. The Morgan fingerprint density at radius 2 is 1.91 bits per heavy atom. The normalized spacial score (nSPS) is 15.9. The highest BCUT2D eigenvalue weighted by Gasteiger charge is 2.24. The molecule has 1 fully saturated rings. The van der Waals surface area contributed by atoms with Gasteiger partial charge in [-0.15, -0.1) is 31.4 Å². The summed E-state index contributed by atoms with van der Waals surface area (Å²) in [4.78, 5) is 2.48. The van der Waals surface area contributed by atoms with Crippen molar-refractivity contribution < 1.29 is 9.47 Å². The van der Waals surface area contributed by atoms with E-state index in [1.54, 1.807) is 14.2 Å². The van der Waals surface area contributed by atoms with E-state index in [-0.39, 0.29) is 24.8 Å². The van der Waals surface area contributed by atoms with Gasteiger partial charge in [0.1, 0.15) is 11.5 Å². The fraction of sp³-hybridized carbons (Fsp3) is 0.500. The van der Waals surface area contributed by atoms with E-state index < -0.39 is 0 Å². The molecule has 0 spiro atoms. The molecule has 0 radical (unpaired) electrons. The predicted octanol–water partition coefficient (Wildman–Crippen LogP) is 3.07. The second-order valence-electron chi connectivity index (χ2n) is 4.93. The number of benzene rings is 1. The quantitative estimate of drug-likeness (QED) is 0.801. The Morgan fingerprint density at radius 3 is 2.45 bits per heavy atom. The van der Waals surface area contributed by atoms with Gasteiger partial charge in [0, 0.05) is 37.8 Å². The molecule has 4 nitrogen and oxygen atoms in total. The molecule has 2 rings (SSSR count). The molecule has 0 aliphatic carbocycles. The maximum Gasteiger partial charge on any atom is 0.123 e.